The van der Waals surface area contributed by atoms with Gasteiger partial charge in [-0.3, -0.25) is 0 Å². The molecule has 0 unspecified atom stereocenters. The van der Waals surface area contributed by atoms with Crippen LogP contribution in [0.25, 0.3) is 31.3 Å². The third kappa shape index (κ3) is 5.22. The van der Waals surface area contributed by atoms with E-state index in [-0.39, 0.29) is 5.41 Å². The van der Waals surface area contributed by atoms with Crippen LogP contribution in [0.5, 0.6) is 0 Å². The van der Waals surface area contributed by atoms with Crippen molar-refractivity contribution in [3.05, 3.63) is 216 Å². The molecule has 11 rings (SSSR count). The van der Waals surface area contributed by atoms with Gasteiger partial charge in [-0.05, 0) is 120 Å². The number of hydrogen-bond donors (Lipinski definition) is 0. The van der Waals surface area contributed by atoms with Crippen LogP contribution in [-0.2, 0) is 18.3 Å². The molecule has 56 heavy (non-hydrogen) atoms. The van der Waals surface area contributed by atoms with Gasteiger partial charge in [0.05, 0.1) is 17.1 Å². The minimum atomic E-state index is -0.154. The van der Waals surface area contributed by atoms with Crippen molar-refractivity contribution in [2.24, 2.45) is 0 Å². The molecule has 8 aromatic carbocycles. The molecule has 0 fully saturated rings. The van der Waals surface area contributed by atoms with Gasteiger partial charge >= 0.3 is 0 Å². The number of nitrogens with zero attached hydrogens (tertiary/aromatic N) is 2. The number of benzene rings is 8. The van der Waals surface area contributed by atoms with Gasteiger partial charge in [-0.25, -0.2) is 0 Å². The standard InChI is InChI=1S/C53H40N2S/c1-4-16-37(17-5-1)43-24-10-12-26-46(43)55(41-22-8-3-9-23-41)48-28-15-19-39-33-35-53(52(39)48)34-32-38-18-14-27-47(51(38)53)54(40-20-6-2-7-21-40)42-30-31-50-45(36-42)44-25-11-13-29-49(44)56-50/h1-31,36H,32-35H2/t53-/m1/s1. The van der Waals surface area contributed by atoms with E-state index in [9.17, 15) is 0 Å². The predicted molar refractivity (Wildman–Crippen MR) is 238 cm³/mol. The van der Waals surface area contributed by atoms with Gasteiger partial charge < -0.3 is 9.80 Å². The summed E-state index contributed by atoms with van der Waals surface area (Å²) >= 11 is 1.88. The van der Waals surface area contributed by atoms with Crippen LogP contribution in [0.4, 0.5) is 34.1 Å². The number of hydrogen-bond acceptors (Lipinski definition) is 3. The number of rotatable bonds is 7. The topological polar surface area (TPSA) is 6.48 Å². The summed E-state index contributed by atoms with van der Waals surface area (Å²) in [7, 11) is 0. The Labute approximate surface area is 332 Å². The number of fused-ring (bicyclic) bond motifs is 7. The molecule has 3 heteroatoms. The van der Waals surface area contributed by atoms with Crippen LogP contribution in [-0.4, -0.2) is 0 Å². The van der Waals surface area contributed by atoms with Gasteiger partial charge in [0.2, 0.25) is 0 Å². The highest BCUT2D eigenvalue weighted by molar-refractivity contribution is 7.25. The maximum absolute atomic E-state index is 2.54. The predicted octanol–water partition coefficient (Wildman–Crippen LogP) is 14.8. The van der Waals surface area contributed by atoms with Crippen molar-refractivity contribution in [1.82, 2.24) is 0 Å². The van der Waals surface area contributed by atoms with Crippen LogP contribution in [0.1, 0.15) is 35.1 Å². The molecule has 0 radical (unpaired) electrons. The minimum absolute atomic E-state index is 0.154. The molecule has 0 saturated heterocycles. The van der Waals surface area contributed by atoms with Gasteiger partial charge in [-0.2, -0.15) is 0 Å². The van der Waals surface area contributed by atoms with E-state index in [1.165, 1.54) is 87.7 Å². The fraction of sp³-hybridized carbons (Fsp3) is 0.0943. The molecule has 1 spiro atoms. The summed E-state index contributed by atoms with van der Waals surface area (Å²) in [5.74, 6) is 0. The number of anilines is 6. The van der Waals surface area contributed by atoms with Crippen LogP contribution in [0.2, 0.25) is 0 Å². The summed E-state index contributed by atoms with van der Waals surface area (Å²) in [5.41, 5.74) is 15.4. The van der Waals surface area contributed by atoms with Crippen LogP contribution in [0.3, 0.4) is 0 Å². The van der Waals surface area contributed by atoms with E-state index in [4.69, 9.17) is 0 Å². The molecule has 0 saturated carbocycles. The van der Waals surface area contributed by atoms with E-state index in [1.807, 2.05) is 11.3 Å². The highest BCUT2D eigenvalue weighted by Crippen LogP contribution is 2.60. The Hall–Kier alpha value is -6.42. The van der Waals surface area contributed by atoms with Gasteiger partial charge in [0.15, 0.2) is 0 Å². The second-order valence-electron chi connectivity index (χ2n) is 15.2. The van der Waals surface area contributed by atoms with E-state index >= 15 is 0 Å². The first kappa shape index (κ1) is 33.0. The van der Waals surface area contributed by atoms with Gasteiger partial charge in [0, 0.05) is 48.2 Å². The lowest BCUT2D eigenvalue weighted by molar-refractivity contribution is 0.508. The van der Waals surface area contributed by atoms with Crippen molar-refractivity contribution >= 4 is 65.6 Å². The lowest BCUT2D eigenvalue weighted by Gasteiger charge is -2.37. The molecule has 1 aromatic heterocycles. The summed E-state index contributed by atoms with van der Waals surface area (Å²) in [5, 5.41) is 2.64. The molecule has 268 valence electrons. The molecule has 2 aliphatic carbocycles. The van der Waals surface area contributed by atoms with Crippen molar-refractivity contribution in [2.45, 2.75) is 31.1 Å². The number of para-hydroxylation sites is 3. The van der Waals surface area contributed by atoms with Crippen LogP contribution in [0, 0.1) is 0 Å². The monoisotopic (exact) mass is 736 g/mol. The molecule has 9 aromatic rings. The highest BCUT2D eigenvalue weighted by atomic mass is 32.1. The van der Waals surface area contributed by atoms with Crippen molar-refractivity contribution in [3.63, 3.8) is 0 Å². The Morgan fingerprint density at radius 2 is 0.929 bits per heavy atom. The Bertz CT molecular complexity index is 2880. The SMILES string of the molecule is c1ccc(-c2ccccc2N(c2ccccc2)c2cccc3c2[C@]2(CCc4cccc(N(c5ccccc5)c5ccc6sc7ccccc7c6c5)c42)CC3)cc1. The quantitative estimate of drug-likeness (QED) is 0.161. The molecule has 1 atom stereocenters. The Morgan fingerprint density at radius 1 is 0.393 bits per heavy atom. The number of thiophene rings is 1. The fourth-order valence-corrected chi connectivity index (χ4v) is 11.0. The van der Waals surface area contributed by atoms with E-state index in [2.05, 4.69) is 204 Å². The van der Waals surface area contributed by atoms with E-state index in [0.29, 0.717) is 0 Å². The molecule has 0 aliphatic heterocycles. The van der Waals surface area contributed by atoms with Crippen LogP contribution in [0.15, 0.2) is 194 Å². The summed E-state index contributed by atoms with van der Waals surface area (Å²) < 4.78 is 2.65. The number of aryl methyl sites for hydroxylation is 2. The first-order valence-corrected chi connectivity index (χ1v) is 20.6. The third-order valence-corrected chi connectivity index (χ3v) is 13.4. The molecule has 0 amide bonds. The van der Waals surface area contributed by atoms with Gasteiger partial charge in [-0.15, -0.1) is 11.3 Å². The second kappa shape index (κ2) is 13.4. The fourth-order valence-electron chi connectivity index (χ4n) is 9.89. The van der Waals surface area contributed by atoms with Crippen molar-refractivity contribution < 1.29 is 0 Å². The largest absolute Gasteiger partial charge is 0.310 e. The Balaban J connectivity index is 1.14. The molecule has 2 nitrogen and oxygen atoms in total. The zero-order chi connectivity index (χ0) is 37.1. The third-order valence-electron chi connectivity index (χ3n) is 12.2. The van der Waals surface area contributed by atoms with Crippen LogP contribution >= 0.6 is 11.3 Å². The van der Waals surface area contributed by atoms with Crippen molar-refractivity contribution in [3.8, 4) is 11.1 Å². The van der Waals surface area contributed by atoms with Gasteiger partial charge in [-0.1, -0.05) is 127 Å². The average molecular weight is 737 g/mol. The molecule has 0 N–H and O–H groups in total. The first-order chi connectivity index (χ1) is 27.8. The summed E-state index contributed by atoms with van der Waals surface area (Å²) in [6.45, 7) is 0. The summed E-state index contributed by atoms with van der Waals surface area (Å²) in [6.07, 6.45) is 4.28. The molecule has 2 aliphatic rings. The van der Waals surface area contributed by atoms with Crippen molar-refractivity contribution in [1.29, 1.82) is 0 Å². The highest BCUT2D eigenvalue weighted by Gasteiger charge is 2.49. The smallest absolute Gasteiger partial charge is 0.0540 e. The normalized spacial score (nSPS) is 15.6. The molecular weight excluding hydrogens is 697 g/mol. The molecular formula is C53H40N2S. The van der Waals surface area contributed by atoms with Crippen LogP contribution < -0.4 is 9.80 Å². The van der Waals surface area contributed by atoms with Gasteiger partial charge in [0.1, 0.15) is 0 Å². The van der Waals surface area contributed by atoms with E-state index in [0.717, 1.165) is 25.7 Å². The summed E-state index contributed by atoms with van der Waals surface area (Å²) in [6, 6.07) is 71.8. The summed E-state index contributed by atoms with van der Waals surface area (Å²) in [4.78, 5) is 5.08. The second-order valence-corrected chi connectivity index (χ2v) is 16.3. The lowest BCUT2D eigenvalue weighted by Crippen LogP contribution is -2.27. The Kier molecular flexibility index (Phi) is 7.89. The minimum Gasteiger partial charge on any atom is -0.310 e. The maximum Gasteiger partial charge on any atom is 0.0540 e. The first-order valence-electron chi connectivity index (χ1n) is 19.8. The Morgan fingerprint density at radius 3 is 1.62 bits per heavy atom. The van der Waals surface area contributed by atoms with E-state index < -0.39 is 0 Å². The molecule has 0 bridgehead atoms. The maximum atomic E-state index is 2.54. The zero-order valence-electron chi connectivity index (χ0n) is 31.1. The molecule has 1 heterocycles. The lowest BCUT2D eigenvalue weighted by atomic mass is 9.74. The van der Waals surface area contributed by atoms with Gasteiger partial charge in [0.25, 0.3) is 0 Å². The average Bonchev–Trinajstić information content (AvgIpc) is 3.96. The zero-order valence-corrected chi connectivity index (χ0v) is 31.9. The van der Waals surface area contributed by atoms with E-state index in [1.54, 1.807) is 0 Å². The van der Waals surface area contributed by atoms with Crippen molar-refractivity contribution in [2.75, 3.05) is 9.80 Å².